The topological polar surface area (TPSA) is 62.6 Å². The normalized spacial score (nSPS) is 12.5. The van der Waals surface area contributed by atoms with Gasteiger partial charge in [-0.15, -0.1) is 0 Å². The first-order valence-corrected chi connectivity index (χ1v) is 12.3. The number of rotatable bonds is 10. The second-order valence-electron chi connectivity index (χ2n) is 8.94. The van der Waals surface area contributed by atoms with Crippen LogP contribution in [-0.2, 0) is 16.1 Å². The summed E-state index contributed by atoms with van der Waals surface area (Å²) < 4.78 is 5.50. The molecule has 1 aromatic heterocycles. The average molecular weight is 477 g/mol. The van der Waals surface area contributed by atoms with E-state index in [0.717, 1.165) is 47.8 Å². The number of hydrogen-bond acceptors (Lipinski definition) is 3. The third-order valence-electron chi connectivity index (χ3n) is 5.48. The van der Waals surface area contributed by atoms with Crippen molar-refractivity contribution in [2.75, 3.05) is 7.05 Å². The van der Waals surface area contributed by atoms with Gasteiger partial charge < -0.3 is 14.6 Å². The minimum absolute atomic E-state index is 0.00593. The highest BCUT2D eigenvalue weighted by atomic mass is 35.5. The number of unbranched alkanes of at least 4 members (excludes halogenated alkanes) is 1. The number of nitrogens with zero attached hydrogens (tertiary/aromatic N) is 1. The third-order valence-corrected chi connectivity index (χ3v) is 5.73. The summed E-state index contributed by atoms with van der Waals surface area (Å²) in [6, 6.07) is 11.5. The van der Waals surface area contributed by atoms with Crippen molar-refractivity contribution in [3.8, 4) is 0 Å². The van der Waals surface area contributed by atoms with E-state index in [9.17, 15) is 9.59 Å². The van der Waals surface area contributed by atoms with Crippen LogP contribution in [-0.4, -0.2) is 23.8 Å². The highest BCUT2D eigenvalue weighted by Crippen LogP contribution is 2.19. The van der Waals surface area contributed by atoms with Crippen LogP contribution < -0.4 is 5.32 Å². The molecular formula is C27H41ClN2O3. The molecule has 0 aliphatic heterocycles. The van der Waals surface area contributed by atoms with E-state index in [1.54, 1.807) is 4.90 Å². The summed E-state index contributed by atoms with van der Waals surface area (Å²) in [6.07, 6.45) is 4.06. The van der Waals surface area contributed by atoms with Crippen molar-refractivity contribution < 1.29 is 14.0 Å². The van der Waals surface area contributed by atoms with Gasteiger partial charge in [0.2, 0.25) is 11.8 Å². The maximum absolute atomic E-state index is 12.1. The van der Waals surface area contributed by atoms with Crippen molar-refractivity contribution in [1.82, 2.24) is 10.2 Å². The van der Waals surface area contributed by atoms with Gasteiger partial charge in [-0.05, 0) is 49.6 Å². The molecular weight excluding hydrogens is 436 g/mol. The van der Waals surface area contributed by atoms with E-state index in [1.807, 2.05) is 78.1 Å². The summed E-state index contributed by atoms with van der Waals surface area (Å²) in [5, 5.41) is 3.69. The average Bonchev–Trinajstić information content (AvgIpc) is 3.22. The van der Waals surface area contributed by atoms with Crippen LogP contribution in [0, 0.1) is 18.8 Å². The molecule has 5 nitrogen and oxygen atoms in total. The van der Waals surface area contributed by atoms with E-state index in [4.69, 9.17) is 16.0 Å². The van der Waals surface area contributed by atoms with E-state index < -0.39 is 0 Å². The molecule has 2 atom stereocenters. The first-order valence-electron chi connectivity index (χ1n) is 11.9. The quantitative estimate of drug-likeness (QED) is 0.404. The van der Waals surface area contributed by atoms with Gasteiger partial charge in [-0.1, -0.05) is 71.2 Å². The Morgan fingerprint density at radius 2 is 1.70 bits per heavy atom. The Kier molecular flexibility index (Phi) is 12.9. The number of nitrogens with one attached hydrogen (secondary N) is 1. The Morgan fingerprint density at radius 3 is 2.18 bits per heavy atom. The van der Waals surface area contributed by atoms with Gasteiger partial charge in [0.15, 0.2) is 0 Å². The lowest BCUT2D eigenvalue weighted by Gasteiger charge is -2.21. The molecule has 33 heavy (non-hydrogen) atoms. The zero-order chi connectivity index (χ0) is 25.0. The van der Waals surface area contributed by atoms with Crippen molar-refractivity contribution in [2.45, 2.75) is 79.8 Å². The van der Waals surface area contributed by atoms with Crippen LogP contribution in [0.2, 0.25) is 5.02 Å². The predicted molar refractivity (Wildman–Crippen MR) is 136 cm³/mol. The third kappa shape index (κ3) is 10.5. The fourth-order valence-corrected chi connectivity index (χ4v) is 3.43. The molecule has 0 aliphatic rings. The lowest BCUT2D eigenvalue weighted by Crippen LogP contribution is -2.31. The van der Waals surface area contributed by atoms with Gasteiger partial charge in [-0.3, -0.25) is 9.59 Å². The zero-order valence-corrected chi connectivity index (χ0v) is 22.0. The van der Waals surface area contributed by atoms with E-state index >= 15 is 0 Å². The molecule has 1 heterocycles. The van der Waals surface area contributed by atoms with Gasteiger partial charge >= 0.3 is 0 Å². The molecule has 0 fully saturated rings. The number of hydrogen-bond donors (Lipinski definition) is 1. The van der Waals surface area contributed by atoms with Crippen LogP contribution in [0.15, 0.2) is 40.8 Å². The summed E-state index contributed by atoms with van der Waals surface area (Å²) in [4.78, 5) is 25.5. The molecule has 184 valence electrons. The molecule has 1 N–H and O–H groups in total. The highest BCUT2D eigenvalue weighted by molar-refractivity contribution is 6.30. The first kappa shape index (κ1) is 28.8. The first-order chi connectivity index (χ1) is 15.6. The number of benzene rings is 1. The Balaban J connectivity index is 0.000000335. The van der Waals surface area contributed by atoms with Crippen LogP contribution in [0.3, 0.4) is 0 Å². The van der Waals surface area contributed by atoms with Gasteiger partial charge in [0.1, 0.15) is 11.5 Å². The zero-order valence-electron chi connectivity index (χ0n) is 21.3. The van der Waals surface area contributed by atoms with E-state index in [0.29, 0.717) is 6.54 Å². The minimum Gasteiger partial charge on any atom is -0.464 e. The minimum atomic E-state index is -0.00593. The number of aryl methyl sites for hydroxylation is 1. The van der Waals surface area contributed by atoms with Gasteiger partial charge in [-0.2, -0.15) is 0 Å². The number of furan rings is 1. The number of carbonyl (C=O) groups is 2. The monoisotopic (exact) mass is 476 g/mol. The standard InChI is InChI=1S/C15H22ClNO.C12H19NO2/c1-4-5-6-12(2)15(18)17(3)11-13-7-9-14(16)10-8-13;1-5-10(13-12(14)8(2)3)11-7-6-9(4)15-11/h7-10,12H,4-6,11H2,1-3H3;6-8,10H,5H2,1-4H3,(H,13,14)/t;10-/m.0/s1. The van der Waals surface area contributed by atoms with Gasteiger partial charge in [0, 0.05) is 30.5 Å². The molecule has 6 heteroatoms. The lowest BCUT2D eigenvalue weighted by molar-refractivity contribution is -0.134. The van der Waals surface area contributed by atoms with Gasteiger partial charge in [0.05, 0.1) is 6.04 Å². The Hall–Kier alpha value is -2.27. The molecule has 0 spiro atoms. The van der Waals surface area contributed by atoms with Crippen molar-refractivity contribution in [1.29, 1.82) is 0 Å². The summed E-state index contributed by atoms with van der Waals surface area (Å²) in [5.74, 6) is 2.12. The molecule has 2 aromatic rings. The van der Waals surface area contributed by atoms with Crippen LogP contribution in [0.5, 0.6) is 0 Å². The Bertz CT molecular complexity index is 845. The van der Waals surface area contributed by atoms with Gasteiger partial charge in [0.25, 0.3) is 0 Å². The second kappa shape index (κ2) is 14.8. The fraction of sp³-hybridized carbons (Fsp3) is 0.556. The maximum atomic E-state index is 12.1. The van der Waals surface area contributed by atoms with Crippen molar-refractivity contribution in [2.24, 2.45) is 11.8 Å². The van der Waals surface area contributed by atoms with Gasteiger partial charge in [-0.25, -0.2) is 0 Å². The molecule has 2 rings (SSSR count). The predicted octanol–water partition coefficient (Wildman–Crippen LogP) is 6.94. The largest absolute Gasteiger partial charge is 0.464 e. The van der Waals surface area contributed by atoms with E-state index in [1.165, 1.54) is 0 Å². The lowest BCUT2D eigenvalue weighted by atomic mass is 10.0. The molecule has 0 saturated heterocycles. The highest BCUT2D eigenvalue weighted by Gasteiger charge is 2.18. The Morgan fingerprint density at radius 1 is 1.06 bits per heavy atom. The van der Waals surface area contributed by atoms with Crippen LogP contribution in [0.25, 0.3) is 0 Å². The van der Waals surface area contributed by atoms with Crippen molar-refractivity contribution >= 4 is 23.4 Å². The van der Waals surface area contributed by atoms with Crippen LogP contribution >= 0.6 is 11.6 Å². The van der Waals surface area contributed by atoms with Crippen molar-refractivity contribution in [3.05, 3.63) is 58.5 Å². The summed E-state index contributed by atoms with van der Waals surface area (Å²) >= 11 is 5.84. The van der Waals surface area contributed by atoms with Crippen LogP contribution in [0.1, 0.15) is 83.4 Å². The molecule has 1 unspecified atom stereocenters. The summed E-state index contributed by atoms with van der Waals surface area (Å²) in [5.41, 5.74) is 1.11. The molecule has 0 bridgehead atoms. The molecule has 0 aliphatic carbocycles. The number of amides is 2. The smallest absolute Gasteiger partial charge is 0.225 e. The van der Waals surface area contributed by atoms with E-state index in [-0.39, 0.29) is 29.7 Å². The summed E-state index contributed by atoms with van der Waals surface area (Å²) in [7, 11) is 1.86. The van der Waals surface area contributed by atoms with E-state index in [2.05, 4.69) is 12.2 Å². The number of carbonyl (C=O) groups excluding carboxylic acids is 2. The summed E-state index contributed by atoms with van der Waals surface area (Å²) in [6.45, 7) is 12.5. The van der Waals surface area contributed by atoms with Crippen LogP contribution in [0.4, 0.5) is 0 Å². The fourth-order valence-electron chi connectivity index (χ4n) is 3.31. The number of halogens is 1. The second-order valence-corrected chi connectivity index (χ2v) is 9.37. The molecule has 0 saturated carbocycles. The SMILES string of the molecule is CCCCC(C)C(=O)N(C)Cc1ccc(Cl)cc1.CC[C@H](NC(=O)C(C)C)c1ccc(C)o1. The molecule has 2 amide bonds. The maximum Gasteiger partial charge on any atom is 0.225 e. The van der Waals surface area contributed by atoms with Crippen molar-refractivity contribution in [3.63, 3.8) is 0 Å². The Labute approximate surface area is 204 Å². The molecule has 1 aromatic carbocycles. The molecule has 0 radical (unpaired) electrons.